The Bertz CT molecular complexity index is 613. The van der Waals surface area contributed by atoms with Crippen LogP contribution in [0.25, 0.3) is 0 Å². The fraction of sp³-hybridized carbons (Fsp3) is 0.400. The van der Waals surface area contributed by atoms with E-state index in [0.29, 0.717) is 0 Å². The van der Waals surface area contributed by atoms with Gasteiger partial charge >= 0.3 is 0 Å². The summed E-state index contributed by atoms with van der Waals surface area (Å²) in [5.41, 5.74) is 5.50. The van der Waals surface area contributed by atoms with Crippen molar-refractivity contribution in [2.45, 2.75) is 50.3 Å². The second-order valence-electron chi connectivity index (χ2n) is 6.69. The van der Waals surface area contributed by atoms with E-state index in [0.717, 1.165) is 0 Å². The zero-order valence-corrected chi connectivity index (χ0v) is 13.7. The SMILES string of the molecule is CC(C)(c1ccccc1)C(Cl)c1ccc2c(c1)CCCC2. The normalized spacial score (nSPS) is 16.3. The molecule has 0 fully saturated rings. The fourth-order valence-electron chi connectivity index (χ4n) is 3.34. The Morgan fingerprint density at radius 2 is 1.57 bits per heavy atom. The highest BCUT2D eigenvalue weighted by Crippen LogP contribution is 2.42. The Labute approximate surface area is 133 Å². The maximum Gasteiger partial charge on any atom is 0.0676 e. The lowest BCUT2D eigenvalue weighted by Gasteiger charge is -2.32. The van der Waals surface area contributed by atoms with Gasteiger partial charge < -0.3 is 0 Å². The highest BCUT2D eigenvalue weighted by Gasteiger charge is 2.31. The van der Waals surface area contributed by atoms with Gasteiger partial charge in [0.25, 0.3) is 0 Å². The lowest BCUT2D eigenvalue weighted by atomic mass is 9.77. The van der Waals surface area contributed by atoms with Crippen LogP contribution >= 0.6 is 11.6 Å². The minimum absolute atomic E-state index is 0.00729. The summed E-state index contributed by atoms with van der Waals surface area (Å²) in [5.74, 6) is 0. The Morgan fingerprint density at radius 1 is 0.905 bits per heavy atom. The van der Waals surface area contributed by atoms with E-state index in [1.807, 2.05) is 0 Å². The number of hydrogen-bond acceptors (Lipinski definition) is 0. The van der Waals surface area contributed by atoms with Crippen molar-refractivity contribution >= 4 is 11.6 Å². The zero-order valence-electron chi connectivity index (χ0n) is 12.9. The zero-order chi connectivity index (χ0) is 14.9. The number of rotatable bonds is 3. The van der Waals surface area contributed by atoms with Gasteiger partial charge in [-0.25, -0.2) is 0 Å². The standard InChI is InChI=1S/C20H23Cl/c1-20(2,18-10-4-3-5-11-18)19(21)17-13-12-15-8-6-7-9-16(15)14-17/h3-5,10-14,19H,6-9H2,1-2H3. The summed E-state index contributed by atoms with van der Waals surface area (Å²) in [5, 5.41) is -0.00729. The molecule has 1 unspecified atom stereocenters. The van der Waals surface area contributed by atoms with Crippen LogP contribution in [0.1, 0.15) is 54.3 Å². The highest BCUT2D eigenvalue weighted by molar-refractivity contribution is 6.21. The first-order chi connectivity index (χ1) is 10.1. The molecule has 0 N–H and O–H groups in total. The van der Waals surface area contributed by atoms with E-state index < -0.39 is 0 Å². The number of halogens is 1. The minimum atomic E-state index is -0.0777. The Morgan fingerprint density at radius 3 is 2.29 bits per heavy atom. The van der Waals surface area contributed by atoms with Crippen molar-refractivity contribution in [1.29, 1.82) is 0 Å². The van der Waals surface area contributed by atoms with E-state index in [1.54, 1.807) is 0 Å². The maximum absolute atomic E-state index is 6.87. The van der Waals surface area contributed by atoms with Crippen LogP contribution in [0.15, 0.2) is 48.5 Å². The summed E-state index contributed by atoms with van der Waals surface area (Å²) < 4.78 is 0. The number of benzene rings is 2. The minimum Gasteiger partial charge on any atom is -0.117 e. The van der Waals surface area contributed by atoms with Gasteiger partial charge in [-0.3, -0.25) is 0 Å². The second kappa shape index (κ2) is 5.85. The molecule has 1 heteroatoms. The molecule has 0 saturated carbocycles. The summed E-state index contributed by atoms with van der Waals surface area (Å²) >= 11 is 6.87. The van der Waals surface area contributed by atoms with Crippen LogP contribution in [0.3, 0.4) is 0 Å². The molecule has 0 nitrogen and oxygen atoms in total. The van der Waals surface area contributed by atoms with Crippen LogP contribution in [-0.2, 0) is 18.3 Å². The smallest absolute Gasteiger partial charge is 0.0676 e. The molecule has 21 heavy (non-hydrogen) atoms. The van der Waals surface area contributed by atoms with Gasteiger partial charge in [0.2, 0.25) is 0 Å². The molecule has 1 atom stereocenters. The molecule has 2 aromatic carbocycles. The van der Waals surface area contributed by atoms with E-state index in [9.17, 15) is 0 Å². The van der Waals surface area contributed by atoms with Crippen molar-refractivity contribution in [2.24, 2.45) is 0 Å². The van der Waals surface area contributed by atoms with Crippen molar-refractivity contribution in [3.05, 3.63) is 70.8 Å². The monoisotopic (exact) mass is 298 g/mol. The van der Waals surface area contributed by atoms with Crippen LogP contribution in [0.2, 0.25) is 0 Å². The molecule has 0 radical (unpaired) electrons. The predicted octanol–water partition coefficient (Wildman–Crippen LogP) is 5.82. The number of alkyl halides is 1. The molecule has 1 aliphatic rings. The van der Waals surface area contributed by atoms with E-state index in [4.69, 9.17) is 11.6 Å². The average Bonchev–Trinajstić information content (AvgIpc) is 2.54. The van der Waals surface area contributed by atoms with Crippen molar-refractivity contribution in [1.82, 2.24) is 0 Å². The molecule has 0 saturated heterocycles. The molecule has 1 aliphatic carbocycles. The topological polar surface area (TPSA) is 0 Å². The largest absolute Gasteiger partial charge is 0.117 e. The number of fused-ring (bicyclic) bond motifs is 1. The van der Waals surface area contributed by atoms with Crippen LogP contribution < -0.4 is 0 Å². The van der Waals surface area contributed by atoms with Gasteiger partial charge in [0, 0.05) is 5.41 Å². The molecule has 3 rings (SSSR count). The molecule has 0 amide bonds. The van der Waals surface area contributed by atoms with Gasteiger partial charge in [-0.2, -0.15) is 0 Å². The van der Waals surface area contributed by atoms with Gasteiger partial charge in [0.05, 0.1) is 5.38 Å². The molecular formula is C20H23Cl. The fourth-order valence-corrected chi connectivity index (χ4v) is 3.60. The summed E-state index contributed by atoms with van der Waals surface area (Å²) in [7, 11) is 0. The molecule has 2 aromatic rings. The van der Waals surface area contributed by atoms with Gasteiger partial charge in [-0.05, 0) is 47.9 Å². The third-order valence-corrected chi connectivity index (χ3v) is 5.61. The number of hydrogen-bond donors (Lipinski definition) is 0. The number of aryl methyl sites for hydroxylation is 2. The van der Waals surface area contributed by atoms with Gasteiger partial charge in [0.15, 0.2) is 0 Å². The van der Waals surface area contributed by atoms with Crippen molar-refractivity contribution < 1.29 is 0 Å². The van der Waals surface area contributed by atoms with E-state index in [1.165, 1.54) is 47.9 Å². The van der Waals surface area contributed by atoms with Crippen molar-refractivity contribution in [3.8, 4) is 0 Å². The van der Waals surface area contributed by atoms with Crippen LogP contribution in [-0.4, -0.2) is 0 Å². The van der Waals surface area contributed by atoms with Crippen molar-refractivity contribution in [3.63, 3.8) is 0 Å². The first-order valence-corrected chi connectivity index (χ1v) is 8.34. The van der Waals surface area contributed by atoms with Gasteiger partial charge in [0.1, 0.15) is 0 Å². The first-order valence-electron chi connectivity index (χ1n) is 7.90. The van der Waals surface area contributed by atoms with Gasteiger partial charge in [-0.1, -0.05) is 62.4 Å². The predicted molar refractivity (Wildman–Crippen MR) is 91.1 cm³/mol. The van der Waals surface area contributed by atoms with Crippen LogP contribution in [0.4, 0.5) is 0 Å². The average molecular weight is 299 g/mol. The Kier molecular flexibility index (Phi) is 4.08. The quantitative estimate of drug-likeness (QED) is 0.626. The van der Waals surface area contributed by atoms with E-state index >= 15 is 0 Å². The maximum atomic E-state index is 6.87. The third kappa shape index (κ3) is 2.87. The molecule has 0 bridgehead atoms. The lowest BCUT2D eigenvalue weighted by Crippen LogP contribution is -2.23. The van der Waals surface area contributed by atoms with Crippen LogP contribution in [0.5, 0.6) is 0 Å². The van der Waals surface area contributed by atoms with Gasteiger partial charge in [-0.15, -0.1) is 11.6 Å². The molecular weight excluding hydrogens is 276 g/mol. The summed E-state index contributed by atoms with van der Waals surface area (Å²) in [6, 6.07) is 17.5. The second-order valence-corrected chi connectivity index (χ2v) is 7.12. The molecule has 110 valence electrons. The lowest BCUT2D eigenvalue weighted by molar-refractivity contribution is 0.503. The van der Waals surface area contributed by atoms with E-state index in [2.05, 4.69) is 62.4 Å². The highest BCUT2D eigenvalue weighted by atomic mass is 35.5. The summed E-state index contributed by atoms with van der Waals surface area (Å²) in [4.78, 5) is 0. The van der Waals surface area contributed by atoms with Crippen LogP contribution in [0, 0.1) is 0 Å². The van der Waals surface area contributed by atoms with Crippen molar-refractivity contribution in [2.75, 3.05) is 0 Å². The Hall–Kier alpha value is -1.27. The summed E-state index contributed by atoms with van der Waals surface area (Å²) in [6.07, 6.45) is 5.07. The molecule has 0 aromatic heterocycles. The van der Waals surface area contributed by atoms with E-state index in [-0.39, 0.29) is 10.8 Å². The molecule has 0 aliphatic heterocycles. The summed E-state index contributed by atoms with van der Waals surface area (Å²) in [6.45, 7) is 4.47. The first kappa shape index (κ1) is 14.7. The molecule has 0 spiro atoms. The Balaban J connectivity index is 1.92. The third-order valence-electron chi connectivity index (χ3n) is 4.82. The molecule has 0 heterocycles.